The van der Waals surface area contributed by atoms with E-state index in [1.54, 1.807) is 0 Å². The Balaban J connectivity index is 1.44. The van der Waals surface area contributed by atoms with Crippen LogP contribution >= 0.6 is 0 Å². The maximum Gasteiger partial charge on any atom is 0.313 e. The normalized spacial score (nSPS) is 31.1. The zero-order valence-corrected chi connectivity index (χ0v) is 11.9. The zero-order valence-electron chi connectivity index (χ0n) is 11.9. The quantitative estimate of drug-likeness (QED) is 0.589. The summed E-state index contributed by atoms with van der Waals surface area (Å²) in [5.41, 5.74) is 2.16. The molecule has 0 unspecified atom stereocenters. The van der Waals surface area contributed by atoms with Gasteiger partial charge < -0.3 is 18.9 Å². The summed E-state index contributed by atoms with van der Waals surface area (Å²) in [6, 6.07) is 6.04. The summed E-state index contributed by atoms with van der Waals surface area (Å²) >= 11 is 0. The van der Waals surface area contributed by atoms with Crippen molar-refractivity contribution in [3.8, 4) is 5.75 Å². The number of hydrogen-bond donors (Lipinski definition) is 0. The lowest BCUT2D eigenvalue weighted by molar-refractivity contribution is -0.145. The minimum absolute atomic E-state index is 0.0491. The van der Waals surface area contributed by atoms with Gasteiger partial charge in [0.25, 0.3) is 0 Å². The van der Waals surface area contributed by atoms with Crippen molar-refractivity contribution in [3.63, 3.8) is 0 Å². The molecule has 4 atom stereocenters. The fourth-order valence-corrected chi connectivity index (χ4v) is 3.04. The molecule has 0 aromatic heterocycles. The Labute approximate surface area is 123 Å². The van der Waals surface area contributed by atoms with E-state index in [4.69, 9.17) is 18.9 Å². The number of rotatable bonds is 6. The molecule has 0 amide bonds. The first-order valence-electron chi connectivity index (χ1n) is 7.44. The van der Waals surface area contributed by atoms with Crippen molar-refractivity contribution in [3.05, 3.63) is 29.3 Å². The highest BCUT2D eigenvalue weighted by Crippen LogP contribution is 2.59. The van der Waals surface area contributed by atoms with E-state index in [0.29, 0.717) is 19.8 Å². The maximum absolute atomic E-state index is 11.8. The number of hydrogen-bond acceptors (Lipinski definition) is 5. The van der Waals surface area contributed by atoms with Gasteiger partial charge in [-0.2, -0.15) is 0 Å². The lowest BCUT2D eigenvalue weighted by atomic mass is 10.0. The molecule has 1 aliphatic carbocycles. The van der Waals surface area contributed by atoms with Gasteiger partial charge in [-0.1, -0.05) is 18.2 Å². The van der Waals surface area contributed by atoms with Gasteiger partial charge >= 0.3 is 5.97 Å². The summed E-state index contributed by atoms with van der Waals surface area (Å²) < 4.78 is 21.8. The van der Waals surface area contributed by atoms with E-state index < -0.39 is 0 Å². The van der Waals surface area contributed by atoms with Crippen molar-refractivity contribution >= 4 is 5.97 Å². The number of carbonyl (C=O) groups excluding carboxylic acids is 1. The molecule has 2 aliphatic heterocycles. The van der Waals surface area contributed by atoms with E-state index in [1.807, 2.05) is 25.1 Å². The molecule has 2 heterocycles. The largest absolute Gasteiger partial charge is 0.488 e. The Morgan fingerprint density at radius 2 is 2.29 bits per heavy atom. The molecule has 0 bridgehead atoms. The Hall–Kier alpha value is -1.59. The molecule has 112 valence electrons. The number of carbonyl (C=O) groups is 1. The Morgan fingerprint density at radius 3 is 3.05 bits per heavy atom. The first-order chi connectivity index (χ1) is 10.3. The summed E-state index contributed by atoms with van der Waals surface area (Å²) in [6.45, 7) is 4.19. The van der Waals surface area contributed by atoms with Crippen LogP contribution in [-0.4, -0.2) is 38.0 Å². The van der Waals surface area contributed by atoms with E-state index in [-0.39, 0.29) is 30.0 Å². The average molecular weight is 290 g/mol. The van der Waals surface area contributed by atoms with E-state index >= 15 is 0 Å². The lowest BCUT2D eigenvalue weighted by Gasteiger charge is -2.12. The van der Waals surface area contributed by atoms with E-state index in [9.17, 15) is 4.79 Å². The fourth-order valence-electron chi connectivity index (χ4n) is 3.04. The third kappa shape index (κ3) is 2.30. The van der Waals surface area contributed by atoms with Gasteiger partial charge in [-0.3, -0.25) is 4.79 Å². The van der Waals surface area contributed by atoms with Crippen molar-refractivity contribution in [1.29, 1.82) is 0 Å². The average Bonchev–Trinajstić information content (AvgIpc) is 3.38. The molecule has 4 rings (SSSR count). The van der Waals surface area contributed by atoms with Gasteiger partial charge in [0.15, 0.2) is 0 Å². The molecule has 5 nitrogen and oxygen atoms in total. The summed E-state index contributed by atoms with van der Waals surface area (Å²) in [6.07, 6.45) is 0.219. The molecular formula is C16H18O5. The molecule has 1 aromatic rings. The molecule has 21 heavy (non-hydrogen) atoms. The first-order valence-corrected chi connectivity index (χ1v) is 7.44. The second-order valence-electron chi connectivity index (χ2n) is 5.69. The predicted molar refractivity (Wildman–Crippen MR) is 73.1 cm³/mol. The van der Waals surface area contributed by atoms with Crippen molar-refractivity contribution in [2.24, 2.45) is 5.92 Å². The molecule has 0 N–H and O–H groups in total. The lowest BCUT2D eigenvalue weighted by Crippen LogP contribution is -2.14. The van der Waals surface area contributed by atoms with Crippen LogP contribution in [0.2, 0.25) is 0 Å². The summed E-state index contributed by atoms with van der Waals surface area (Å²) in [5.74, 6) is 0.773. The van der Waals surface area contributed by atoms with E-state index in [2.05, 4.69) is 0 Å². The van der Waals surface area contributed by atoms with E-state index in [0.717, 1.165) is 23.5 Å². The van der Waals surface area contributed by atoms with Gasteiger partial charge in [0.1, 0.15) is 23.9 Å². The summed E-state index contributed by atoms with van der Waals surface area (Å²) in [7, 11) is 0. The fraction of sp³-hybridized carbons (Fsp3) is 0.562. The van der Waals surface area contributed by atoms with Crippen molar-refractivity contribution in [1.82, 2.24) is 0 Å². The second kappa shape index (κ2) is 5.00. The van der Waals surface area contributed by atoms with Crippen LogP contribution in [0.4, 0.5) is 0 Å². The second-order valence-corrected chi connectivity index (χ2v) is 5.69. The van der Waals surface area contributed by atoms with Crippen molar-refractivity contribution < 1.29 is 23.7 Å². The number of benzene rings is 1. The Bertz CT molecular complexity index is 566. The van der Waals surface area contributed by atoms with Gasteiger partial charge in [0.05, 0.1) is 26.4 Å². The third-order valence-corrected chi connectivity index (χ3v) is 4.22. The molecule has 3 aliphatic rings. The van der Waals surface area contributed by atoms with Gasteiger partial charge in [-0.05, 0) is 6.92 Å². The number of para-hydroxylation sites is 1. The SMILES string of the molecule is CCOC(=O)[C@H]1[C@@H]2Oc3c(COC[C@H]4CO4)cccc3[C@@H]21. The van der Waals surface area contributed by atoms with Gasteiger partial charge in [0, 0.05) is 17.0 Å². The number of epoxide rings is 1. The molecule has 5 heteroatoms. The Morgan fingerprint density at radius 1 is 1.43 bits per heavy atom. The number of fused-ring (bicyclic) bond motifs is 3. The summed E-state index contributed by atoms with van der Waals surface area (Å²) in [4.78, 5) is 11.8. The molecule has 1 aromatic carbocycles. The Kier molecular flexibility index (Phi) is 3.12. The van der Waals surface area contributed by atoms with Crippen LogP contribution in [0.25, 0.3) is 0 Å². The van der Waals surface area contributed by atoms with Crippen molar-refractivity contribution in [2.75, 3.05) is 19.8 Å². The molecule has 2 fully saturated rings. The van der Waals surface area contributed by atoms with Crippen LogP contribution in [0.1, 0.15) is 24.0 Å². The van der Waals surface area contributed by atoms with Crippen LogP contribution in [0.5, 0.6) is 5.75 Å². The maximum atomic E-state index is 11.8. The van der Waals surface area contributed by atoms with Crippen LogP contribution in [-0.2, 0) is 25.6 Å². The highest BCUT2D eigenvalue weighted by Gasteiger charge is 2.63. The monoisotopic (exact) mass is 290 g/mol. The number of esters is 1. The van der Waals surface area contributed by atoms with Crippen LogP contribution in [0, 0.1) is 5.92 Å². The zero-order chi connectivity index (χ0) is 14.4. The van der Waals surface area contributed by atoms with Crippen LogP contribution in [0.15, 0.2) is 18.2 Å². The molecule has 0 spiro atoms. The van der Waals surface area contributed by atoms with Crippen LogP contribution in [0.3, 0.4) is 0 Å². The van der Waals surface area contributed by atoms with Gasteiger partial charge in [-0.15, -0.1) is 0 Å². The number of ether oxygens (including phenoxy) is 4. The molecule has 1 saturated carbocycles. The topological polar surface area (TPSA) is 57.3 Å². The highest BCUT2D eigenvalue weighted by molar-refractivity contribution is 5.81. The minimum Gasteiger partial charge on any atom is -0.488 e. The van der Waals surface area contributed by atoms with Gasteiger partial charge in [-0.25, -0.2) is 0 Å². The molecular weight excluding hydrogens is 272 g/mol. The summed E-state index contributed by atoms with van der Waals surface area (Å²) in [5, 5.41) is 0. The molecule has 0 radical (unpaired) electrons. The highest BCUT2D eigenvalue weighted by atomic mass is 16.6. The molecule has 1 saturated heterocycles. The standard InChI is InChI=1S/C16H18O5/c1-2-19-16(17)13-12-11-5-3-4-9(14(11)21-15(12)13)6-18-7-10-8-20-10/h3-5,10,12-13,15H,2,6-8H2,1H3/t10-,12+,13+,15+/m0/s1. The van der Waals surface area contributed by atoms with E-state index in [1.165, 1.54) is 0 Å². The van der Waals surface area contributed by atoms with Crippen LogP contribution < -0.4 is 4.74 Å². The van der Waals surface area contributed by atoms with Crippen molar-refractivity contribution in [2.45, 2.75) is 31.7 Å². The predicted octanol–water partition coefficient (Wildman–Crippen LogP) is 1.64. The smallest absolute Gasteiger partial charge is 0.313 e. The first kappa shape index (κ1) is 13.1. The van der Waals surface area contributed by atoms with Gasteiger partial charge in [0.2, 0.25) is 0 Å². The third-order valence-electron chi connectivity index (χ3n) is 4.22. The minimum atomic E-state index is -0.148.